The summed E-state index contributed by atoms with van der Waals surface area (Å²) in [6.45, 7) is 3.62. The third-order valence-corrected chi connectivity index (χ3v) is 7.01. The Balaban J connectivity index is 1.67. The van der Waals surface area contributed by atoms with Crippen molar-refractivity contribution in [2.45, 2.75) is 11.3 Å². The van der Waals surface area contributed by atoms with Gasteiger partial charge in [0.25, 0.3) is 10.0 Å². The van der Waals surface area contributed by atoms with Crippen LogP contribution in [-0.4, -0.2) is 41.3 Å². The van der Waals surface area contributed by atoms with Crippen molar-refractivity contribution < 1.29 is 13.2 Å². The van der Waals surface area contributed by atoms with E-state index in [0.717, 1.165) is 43.2 Å². The molecule has 2 aliphatic rings. The van der Waals surface area contributed by atoms with E-state index in [1.807, 2.05) is 12.1 Å². The van der Waals surface area contributed by atoms with Crippen LogP contribution in [0.2, 0.25) is 5.02 Å². The van der Waals surface area contributed by atoms with Gasteiger partial charge in [0.05, 0.1) is 23.9 Å². The van der Waals surface area contributed by atoms with Crippen molar-refractivity contribution in [3.8, 4) is 0 Å². The zero-order chi connectivity index (χ0) is 17.4. The average Bonchev–Trinajstić information content (AvgIpc) is 3.06. The number of hydrogen-bond donors (Lipinski definition) is 0. The van der Waals surface area contributed by atoms with E-state index < -0.39 is 10.0 Å². The summed E-state index contributed by atoms with van der Waals surface area (Å²) < 4.78 is 32.9. The van der Waals surface area contributed by atoms with Crippen LogP contribution in [0.15, 0.2) is 47.4 Å². The van der Waals surface area contributed by atoms with Crippen molar-refractivity contribution in [1.29, 1.82) is 0 Å². The fourth-order valence-electron chi connectivity index (χ4n) is 3.40. The molecule has 1 saturated heterocycles. The summed E-state index contributed by atoms with van der Waals surface area (Å²) in [5.74, 6) is 0. The molecular formula is C18H19ClN2O3S. The fraction of sp³-hybridized carbons (Fsp3) is 0.333. The van der Waals surface area contributed by atoms with Crippen LogP contribution in [0.4, 0.5) is 11.4 Å². The Bertz CT molecular complexity index is 895. The van der Waals surface area contributed by atoms with Crippen LogP contribution in [0, 0.1) is 0 Å². The minimum Gasteiger partial charge on any atom is -0.378 e. The summed E-state index contributed by atoms with van der Waals surface area (Å²) >= 11 is 6.12. The lowest BCUT2D eigenvalue weighted by Crippen LogP contribution is -2.36. The van der Waals surface area contributed by atoms with Crippen molar-refractivity contribution in [2.75, 3.05) is 42.1 Å². The number of ether oxygens (including phenoxy) is 1. The van der Waals surface area contributed by atoms with Gasteiger partial charge in [-0.15, -0.1) is 0 Å². The molecule has 1 fully saturated rings. The molecule has 132 valence electrons. The number of sulfonamides is 1. The second kappa shape index (κ2) is 6.52. The molecule has 2 aliphatic heterocycles. The van der Waals surface area contributed by atoms with Gasteiger partial charge < -0.3 is 9.64 Å². The maximum atomic E-state index is 13.0. The lowest BCUT2D eigenvalue weighted by Gasteiger charge is -2.29. The summed E-state index contributed by atoms with van der Waals surface area (Å²) in [5, 5.41) is 0.251. The van der Waals surface area contributed by atoms with Gasteiger partial charge in [0, 0.05) is 25.3 Å². The highest BCUT2D eigenvalue weighted by atomic mass is 35.5. The van der Waals surface area contributed by atoms with Gasteiger partial charge >= 0.3 is 0 Å². The SMILES string of the molecule is O=S(=O)(c1ccccc1Cl)N1CCc2cc(N3CCOCC3)ccc21. The average molecular weight is 379 g/mol. The summed E-state index contributed by atoms with van der Waals surface area (Å²) in [5.41, 5.74) is 2.93. The Labute approximate surface area is 152 Å². The fourth-order valence-corrected chi connectivity index (χ4v) is 5.40. The molecule has 0 aromatic heterocycles. The molecule has 0 spiro atoms. The minimum absolute atomic E-state index is 0.154. The molecule has 2 aromatic rings. The van der Waals surface area contributed by atoms with Gasteiger partial charge in [-0.1, -0.05) is 23.7 Å². The van der Waals surface area contributed by atoms with Crippen LogP contribution in [0.5, 0.6) is 0 Å². The van der Waals surface area contributed by atoms with Gasteiger partial charge in [0.2, 0.25) is 0 Å². The molecule has 2 aromatic carbocycles. The van der Waals surface area contributed by atoms with Gasteiger partial charge in [-0.05, 0) is 42.3 Å². The first-order valence-corrected chi connectivity index (χ1v) is 10.1. The molecule has 0 aliphatic carbocycles. The van der Waals surface area contributed by atoms with Crippen molar-refractivity contribution in [3.63, 3.8) is 0 Å². The second-order valence-electron chi connectivity index (χ2n) is 6.17. The van der Waals surface area contributed by atoms with Crippen LogP contribution in [0.3, 0.4) is 0 Å². The Kier molecular flexibility index (Phi) is 4.35. The molecule has 7 heteroatoms. The van der Waals surface area contributed by atoms with Crippen LogP contribution in [0.25, 0.3) is 0 Å². The van der Waals surface area contributed by atoms with E-state index in [-0.39, 0.29) is 9.92 Å². The highest BCUT2D eigenvalue weighted by Gasteiger charge is 2.32. The van der Waals surface area contributed by atoms with Gasteiger partial charge in [-0.3, -0.25) is 4.31 Å². The standard InChI is InChI=1S/C18H19ClN2O3S/c19-16-3-1-2-4-18(16)25(22,23)21-8-7-14-13-15(5-6-17(14)21)20-9-11-24-12-10-20/h1-6,13H,7-12H2. The predicted octanol–water partition coefficient (Wildman–Crippen LogP) is 2.93. The molecule has 2 heterocycles. The summed E-state index contributed by atoms with van der Waals surface area (Å²) in [6.07, 6.45) is 0.706. The number of fused-ring (bicyclic) bond motifs is 1. The normalized spacial score (nSPS) is 17.6. The number of benzene rings is 2. The van der Waals surface area contributed by atoms with E-state index in [9.17, 15) is 8.42 Å². The topological polar surface area (TPSA) is 49.9 Å². The molecule has 25 heavy (non-hydrogen) atoms. The van der Waals surface area contributed by atoms with E-state index in [0.29, 0.717) is 13.0 Å². The Hall–Kier alpha value is -1.76. The molecule has 4 rings (SSSR count). The first-order valence-electron chi connectivity index (χ1n) is 8.30. The van der Waals surface area contributed by atoms with Gasteiger partial charge in [-0.25, -0.2) is 8.42 Å². The van der Waals surface area contributed by atoms with Crippen molar-refractivity contribution >= 4 is 33.0 Å². The van der Waals surface area contributed by atoms with Crippen molar-refractivity contribution in [2.24, 2.45) is 0 Å². The summed E-state index contributed by atoms with van der Waals surface area (Å²) in [4.78, 5) is 2.43. The van der Waals surface area contributed by atoms with Crippen LogP contribution >= 0.6 is 11.6 Å². The predicted molar refractivity (Wildman–Crippen MR) is 99.2 cm³/mol. The molecular weight excluding hydrogens is 360 g/mol. The Morgan fingerprint density at radius 2 is 1.76 bits per heavy atom. The molecule has 0 radical (unpaired) electrons. The zero-order valence-electron chi connectivity index (χ0n) is 13.7. The number of morpholine rings is 1. The minimum atomic E-state index is -3.65. The van der Waals surface area contributed by atoms with E-state index in [4.69, 9.17) is 16.3 Å². The monoisotopic (exact) mass is 378 g/mol. The third kappa shape index (κ3) is 2.99. The highest BCUT2D eigenvalue weighted by molar-refractivity contribution is 7.93. The Morgan fingerprint density at radius 1 is 1.00 bits per heavy atom. The molecule has 0 unspecified atom stereocenters. The second-order valence-corrected chi connectivity index (χ2v) is 8.41. The Morgan fingerprint density at radius 3 is 2.52 bits per heavy atom. The van der Waals surface area contributed by atoms with Gasteiger partial charge in [0.1, 0.15) is 4.90 Å². The lowest BCUT2D eigenvalue weighted by atomic mass is 10.1. The summed E-state index contributed by atoms with van der Waals surface area (Å²) in [6, 6.07) is 12.6. The number of nitrogens with zero attached hydrogens (tertiary/aromatic N) is 2. The van der Waals surface area contributed by atoms with Crippen LogP contribution < -0.4 is 9.21 Å². The van der Waals surface area contributed by atoms with E-state index in [2.05, 4.69) is 11.0 Å². The maximum Gasteiger partial charge on any atom is 0.265 e. The molecule has 0 bridgehead atoms. The molecule has 0 N–H and O–H groups in total. The molecule has 0 saturated carbocycles. The molecule has 0 amide bonds. The van der Waals surface area contributed by atoms with Gasteiger partial charge in [-0.2, -0.15) is 0 Å². The first-order chi connectivity index (χ1) is 12.1. The van der Waals surface area contributed by atoms with Crippen molar-refractivity contribution in [1.82, 2.24) is 0 Å². The quantitative estimate of drug-likeness (QED) is 0.824. The smallest absolute Gasteiger partial charge is 0.265 e. The van der Waals surface area contributed by atoms with Crippen LogP contribution in [-0.2, 0) is 21.2 Å². The number of rotatable bonds is 3. The van der Waals surface area contributed by atoms with Crippen molar-refractivity contribution in [3.05, 3.63) is 53.1 Å². The number of anilines is 2. The van der Waals surface area contributed by atoms with Gasteiger partial charge in [0.15, 0.2) is 0 Å². The van der Waals surface area contributed by atoms with E-state index in [1.165, 1.54) is 4.31 Å². The molecule has 5 nitrogen and oxygen atoms in total. The van der Waals surface area contributed by atoms with E-state index >= 15 is 0 Å². The zero-order valence-corrected chi connectivity index (χ0v) is 15.3. The number of halogens is 1. The highest BCUT2D eigenvalue weighted by Crippen LogP contribution is 2.37. The molecule has 0 atom stereocenters. The largest absolute Gasteiger partial charge is 0.378 e. The lowest BCUT2D eigenvalue weighted by molar-refractivity contribution is 0.122. The van der Waals surface area contributed by atoms with Crippen LogP contribution in [0.1, 0.15) is 5.56 Å². The third-order valence-electron chi connectivity index (χ3n) is 4.70. The van der Waals surface area contributed by atoms with E-state index in [1.54, 1.807) is 24.3 Å². The first kappa shape index (κ1) is 16.7. The maximum absolute atomic E-state index is 13.0. The summed E-state index contributed by atoms with van der Waals surface area (Å²) in [7, 11) is -3.65. The number of hydrogen-bond acceptors (Lipinski definition) is 4.